The van der Waals surface area contributed by atoms with Gasteiger partial charge in [0.2, 0.25) is 20.0 Å². The van der Waals surface area contributed by atoms with Gasteiger partial charge >= 0.3 is 5.97 Å². The highest BCUT2D eigenvalue weighted by Gasteiger charge is 2.25. The number of carbonyl (C=O) groups is 1. The van der Waals surface area contributed by atoms with E-state index in [2.05, 4.69) is 9.44 Å². The van der Waals surface area contributed by atoms with Crippen LogP contribution in [0.5, 0.6) is 0 Å². The Labute approximate surface area is 136 Å². The number of sulfonamides is 2. The predicted molar refractivity (Wildman–Crippen MR) is 84.1 cm³/mol. The van der Waals surface area contributed by atoms with Gasteiger partial charge in [-0.3, -0.25) is 4.79 Å². The van der Waals surface area contributed by atoms with E-state index in [1.807, 2.05) is 0 Å². The molecular weight excluding hydrogens is 344 g/mol. The second-order valence-electron chi connectivity index (χ2n) is 4.94. The molecule has 0 aromatic heterocycles. The summed E-state index contributed by atoms with van der Waals surface area (Å²) in [5.74, 6) is -1.26. The zero-order valence-electron chi connectivity index (χ0n) is 13.0. The highest BCUT2D eigenvalue weighted by molar-refractivity contribution is 7.90. The summed E-state index contributed by atoms with van der Waals surface area (Å²) in [5, 5.41) is 9.04. The van der Waals surface area contributed by atoms with Crippen LogP contribution < -0.4 is 9.44 Å². The molecule has 130 valence electrons. The Hall–Kier alpha value is -1.49. The highest BCUT2D eigenvalue weighted by atomic mass is 32.2. The summed E-state index contributed by atoms with van der Waals surface area (Å²) in [4.78, 5) is 10.8. The van der Waals surface area contributed by atoms with Gasteiger partial charge in [-0.1, -0.05) is 13.3 Å². The minimum absolute atomic E-state index is 0.0395. The first-order chi connectivity index (χ1) is 10.5. The molecule has 0 aliphatic rings. The van der Waals surface area contributed by atoms with Crippen LogP contribution in [0.25, 0.3) is 0 Å². The monoisotopic (exact) mass is 364 g/mol. The predicted octanol–water partition coefficient (Wildman–Crippen LogP) is 0.435. The zero-order chi connectivity index (χ0) is 17.8. The van der Waals surface area contributed by atoms with E-state index in [0.717, 1.165) is 6.07 Å². The van der Waals surface area contributed by atoms with Crippen LogP contribution in [0.3, 0.4) is 0 Å². The van der Waals surface area contributed by atoms with Gasteiger partial charge in [0, 0.05) is 0 Å². The summed E-state index contributed by atoms with van der Waals surface area (Å²) in [7, 11) is -6.51. The molecule has 0 fully saturated rings. The Morgan fingerprint density at radius 3 is 2.26 bits per heavy atom. The summed E-state index contributed by atoms with van der Waals surface area (Å²) in [6.45, 7) is 3.20. The maximum Gasteiger partial charge on any atom is 0.321 e. The number of benzene rings is 1. The molecule has 8 nitrogen and oxygen atoms in total. The summed E-state index contributed by atoms with van der Waals surface area (Å²) in [6, 6.07) is 2.26. The first kappa shape index (κ1) is 19.6. The average molecular weight is 364 g/mol. The second-order valence-corrected chi connectivity index (χ2v) is 8.50. The Balaban J connectivity index is 3.20. The first-order valence-corrected chi connectivity index (χ1v) is 9.81. The van der Waals surface area contributed by atoms with E-state index in [0.29, 0.717) is 6.42 Å². The van der Waals surface area contributed by atoms with E-state index in [9.17, 15) is 21.6 Å². The smallest absolute Gasteiger partial charge is 0.321 e. The summed E-state index contributed by atoms with van der Waals surface area (Å²) >= 11 is 0. The van der Waals surface area contributed by atoms with Gasteiger partial charge in [-0.2, -0.15) is 4.72 Å². The molecule has 23 heavy (non-hydrogen) atoms. The van der Waals surface area contributed by atoms with Crippen LogP contribution in [0.4, 0.5) is 0 Å². The third-order valence-corrected chi connectivity index (χ3v) is 6.23. The Bertz CT molecular complexity index is 787. The number of nitrogens with one attached hydrogen (secondary N) is 2. The first-order valence-electron chi connectivity index (χ1n) is 6.84. The maximum atomic E-state index is 12.3. The minimum Gasteiger partial charge on any atom is -0.480 e. The summed E-state index contributed by atoms with van der Waals surface area (Å²) in [6.07, 6.45) is 0.650. The largest absolute Gasteiger partial charge is 0.480 e. The molecule has 10 heteroatoms. The van der Waals surface area contributed by atoms with Crippen molar-refractivity contribution in [2.75, 3.05) is 7.05 Å². The number of carboxylic acid groups (broad SMARTS) is 1. The van der Waals surface area contributed by atoms with E-state index in [1.54, 1.807) is 6.92 Å². The second kappa shape index (κ2) is 7.39. The van der Waals surface area contributed by atoms with Crippen LogP contribution in [0.2, 0.25) is 0 Å². The van der Waals surface area contributed by atoms with Crippen molar-refractivity contribution in [3.63, 3.8) is 0 Å². The third kappa shape index (κ3) is 4.74. The lowest BCUT2D eigenvalue weighted by atomic mass is 10.2. The van der Waals surface area contributed by atoms with Crippen LogP contribution in [0.15, 0.2) is 28.0 Å². The molecule has 0 aliphatic heterocycles. The van der Waals surface area contributed by atoms with Crippen molar-refractivity contribution in [2.24, 2.45) is 0 Å². The van der Waals surface area contributed by atoms with Crippen molar-refractivity contribution >= 4 is 26.0 Å². The van der Waals surface area contributed by atoms with Crippen LogP contribution in [0.1, 0.15) is 25.3 Å². The van der Waals surface area contributed by atoms with E-state index in [1.165, 1.54) is 26.1 Å². The molecule has 0 saturated carbocycles. The number of aliphatic carboxylic acids is 1. The molecule has 1 atom stereocenters. The van der Waals surface area contributed by atoms with Gasteiger partial charge in [0.05, 0.1) is 9.79 Å². The molecule has 3 N–H and O–H groups in total. The molecule has 1 aromatic carbocycles. The van der Waals surface area contributed by atoms with Crippen molar-refractivity contribution in [3.8, 4) is 0 Å². The molecule has 0 bridgehead atoms. The molecule has 1 unspecified atom stereocenters. The lowest BCUT2D eigenvalue weighted by Gasteiger charge is -2.15. The normalized spacial score (nSPS) is 13.7. The number of hydrogen-bond acceptors (Lipinski definition) is 5. The van der Waals surface area contributed by atoms with Gasteiger partial charge in [0.25, 0.3) is 0 Å². The number of aryl methyl sites for hydroxylation is 1. The number of carboxylic acids is 1. The van der Waals surface area contributed by atoms with Crippen LogP contribution >= 0.6 is 0 Å². The maximum absolute atomic E-state index is 12.3. The van der Waals surface area contributed by atoms with Crippen molar-refractivity contribution in [1.82, 2.24) is 9.44 Å². The Kier molecular flexibility index (Phi) is 6.28. The SMILES string of the molecule is CCCC(NS(=O)(=O)c1ccc(S(=O)(=O)NC)c(C)c1)C(=O)O. The number of hydrogen-bond donors (Lipinski definition) is 3. The molecule has 0 spiro atoms. The lowest BCUT2D eigenvalue weighted by molar-refractivity contribution is -0.139. The molecule has 0 heterocycles. The standard InChI is InChI=1S/C13H20N2O6S2/c1-4-5-11(13(16)17)15-22(18,19)10-6-7-12(9(2)8-10)23(20,21)14-3/h6-8,11,14-15H,4-5H2,1-3H3,(H,16,17). The lowest BCUT2D eigenvalue weighted by Crippen LogP contribution is -2.40. The topological polar surface area (TPSA) is 130 Å². The van der Waals surface area contributed by atoms with Gasteiger partial charge in [-0.25, -0.2) is 21.6 Å². The van der Waals surface area contributed by atoms with E-state index < -0.39 is 32.1 Å². The van der Waals surface area contributed by atoms with E-state index in [-0.39, 0.29) is 21.8 Å². The van der Waals surface area contributed by atoms with Crippen molar-refractivity contribution in [2.45, 2.75) is 42.5 Å². The Morgan fingerprint density at radius 1 is 1.22 bits per heavy atom. The van der Waals surface area contributed by atoms with Crippen molar-refractivity contribution < 1.29 is 26.7 Å². The zero-order valence-corrected chi connectivity index (χ0v) is 14.7. The van der Waals surface area contributed by atoms with E-state index in [4.69, 9.17) is 5.11 Å². The fourth-order valence-electron chi connectivity index (χ4n) is 1.98. The average Bonchev–Trinajstić information content (AvgIpc) is 2.46. The summed E-state index contributed by atoms with van der Waals surface area (Å²) < 4.78 is 52.4. The minimum atomic E-state index is -4.06. The molecule has 0 amide bonds. The fraction of sp³-hybridized carbons (Fsp3) is 0.462. The van der Waals surface area contributed by atoms with Gasteiger partial charge in [-0.05, 0) is 44.2 Å². The molecular formula is C13H20N2O6S2. The molecule has 0 radical (unpaired) electrons. The van der Waals surface area contributed by atoms with Crippen molar-refractivity contribution in [3.05, 3.63) is 23.8 Å². The van der Waals surface area contributed by atoms with Gasteiger partial charge in [-0.15, -0.1) is 0 Å². The number of rotatable bonds is 8. The molecule has 1 aromatic rings. The Morgan fingerprint density at radius 2 is 1.83 bits per heavy atom. The fourth-order valence-corrected chi connectivity index (χ4v) is 4.24. The van der Waals surface area contributed by atoms with Crippen molar-refractivity contribution in [1.29, 1.82) is 0 Å². The van der Waals surface area contributed by atoms with Crippen LogP contribution in [-0.2, 0) is 24.8 Å². The van der Waals surface area contributed by atoms with Gasteiger partial charge in [0.15, 0.2) is 0 Å². The van der Waals surface area contributed by atoms with Gasteiger partial charge < -0.3 is 5.11 Å². The molecule has 0 saturated heterocycles. The van der Waals surface area contributed by atoms with Gasteiger partial charge in [0.1, 0.15) is 6.04 Å². The molecule has 0 aliphatic carbocycles. The molecule has 1 rings (SSSR count). The third-order valence-electron chi connectivity index (χ3n) is 3.19. The highest BCUT2D eigenvalue weighted by Crippen LogP contribution is 2.20. The van der Waals surface area contributed by atoms with E-state index >= 15 is 0 Å². The quantitative estimate of drug-likeness (QED) is 0.613. The van der Waals surface area contributed by atoms with Crippen LogP contribution in [-0.4, -0.2) is 41.0 Å². The van der Waals surface area contributed by atoms with Crippen LogP contribution in [0, 0.1) is 6.92 Å². The summed E-state index contributed by atoms with van der Waals surface area (Å²) in [5.41, 5.74) is 0.240.